The molecule has 0 bridgehead atoms. The lowest BCUT2D eigenvalue weighted by Crippen LogP contribution is -2.49. The number of nitrogens with zero attached hydrogens (tertiary/aromatic N) is 6. The van der Waals surface area contributed by atoms with Crippen LogP contribution in [0.3, 0.4) is 0 Å². The van der Waals surface area contributed by atoms with Crippen molar-refractivity contribution in [2.75, 3.05) is 31.1 Å². The molecule has 0 amide bonds. The number of aryl methyl sites for hydroxylation is 1. The first-order valence-corrected chi connectivity index (χ1v) is 11.4. The summed E-state index contributed by atoms with van der Waals surface area (Å²) >= 11 is 5.89. The number of aromatic nitrogens is 4. The van der Waals surface area contributed by atoms with Gasteiger partial charge in [0.1, 0.15) is 5.82 Å². The molecule has 0 saturated carbocycles. The van der Waals surface area contributed by atoms with Crippen LogP contribution in [0, 0.1) is 6.92 Å². The van der Waals surface area contributed by atoms with E-state index in [1.54, 1.807) is 16.6 Å². The van der Waals surface area contributed by atoms with E-state index in [2.05, 4.69) is 15.0 Å². The van der Waals surface area contributed by atoms with Crippen LogP contribution in [0.25, 0.3) is 16.6 Å². The third-order valence-corrected chi connectivity index (χ3v) is 7.41. The van der Waals surface area contributed by atoms with Gasteiger partial charge in [0.15, 0.2) is 5.65 Å². The topological polar surface area (TPSA) is 83.7 Å². The Morgan fingerprint density at radius 2 is 1.63 bits per heavy atom. The van der Waals surface area contributed by atoms with Crippen LogP contribution in [0.15, 0.2) is 53.4 Å². The number of halogens is 1. The van der Waals surface area contributed by atoms with Crippen LogP contribution in [-0.4, -0.2) is 58.5 Å². The van der Waals surface area contributed by atoms with Crippen LogP contribution in [0.4, 0.5) is 5.95 Å². The summed E-state index contributed by atoms with van der Waals surface area (Å²) in [5.41, 5.74) is 1.59. The molecule has 5 rings (SSSR count). The standard InChI is InChI=1S/C20H19ClN6O2S/c1-14-22-19-17-4-2-3-5-18(17)23-20(27(19)24-14)25-10-12-26(13-11-25)30(28,29)16-8-6-15(21)7-9-16/h2-9H,10-13H2,1H3. The lowest BCUT2D eigenvalue weighted by molar-refractivity contribution is 0.382. The van der Waals surface area contributed by atoms with Crippen molar-refractivity contribution in [1.82, 2.24) is 23.9 Å². The maximum Gasteiger partial charge on any atom is 0.243 e. The average Bonchev–Trinajstić information content (AvgIpc) is 3.15. The van der Waals surface area contributed by atoms with Gasteiger partial charge in [-0.15, -0.1) is 5.10 Å². The number of fused-ring (bicyclic) bond motifs is 3. The summed E-state index contributed by atoms with van der Waals surface area (Å²) in [4.78, 5) is 11.7. The Balaban J connectivity index is 1.45. The van der Waals surface area contributed by atoms with Gasteiger partial charge < -0.3 is 4.90 Å². The molecule has 1 aliphatic rings. The Morgan fingerprint density at radius 1 is 0.933 bits per heavy atom. The lowest BCUT2D eigenvalue weighted by atomic mass is 10.2. The number of hydrogen-bond acceptors (Lipinski definition) is 6. The molecule has 0 spiro atoms. The zero-order valence-electron chi connectivity index (χ0n) is 16.2. The SMILES string of the molecule is Cc1nc2c3ccccc3nc(N3CCN(S(=O)(=O)c4ccc(Cl)cc4)CC3)n2n1. The van der Waals surface area contributed by atoms with Crippen molar-refractivity contribution < 1.29 is 8.42 Å². The van der Waals surface area contributed by atoms with Gasteiger partial charge in [0.2, 0.25) is 16.0 Å². The number of piperazine rings is 1. The van der Waals surface area contributed by atoms with Gasteiger partial charge in [-0.1, -0.05) is 23.7 Å². The van der Waals surface area contributed by atoms with Crippen molar-refractivity contribution in [3.8, 4) is 0 Å². The quantitative estimate of drug-likeness (QED) is 0.485. The predicted molar refractivity (Wildman–Crippen MR) is 115 cm³/mol. The van der Waals surface area contributed by atoms with Crippen LogP contribution in [-0.2, 0) is 10.0 Å². The molecule has 0 aliphatic carbocycles. The summed E-state index contributed by atoms with van der Waals surface area (Å²) in [5, 5.41) is 5.96. The summed E-state index contributed by atoms with van der Waals surface area (Å²) in [6, 6.07) is 14.1. The first-order chi connectivity index (χ1) is 14.4. The molecule has 10 heteroatoms. The molecule has 4 aromatic rings. The van der Waals surface area contributed by atoms with E-state index in [0.717, 1.165) is 16.6 Å². The number of anilines is 1. The summed E-state index contributed by atoms with van der Waals surface area (Å²) in [6.07, 6.45) is 0. The van der Waals surface area contributed by atoms with Crippen LogP contribution in [0.2, 0.25) is 5.02 Å². The van der Waals surface area contributed by atoms with Crippen LogP contribution < -0.4 is 4.90 Å². The van der Waals surface area contributed by atoms with E-state index in [-0.39, 0.29) is 4.90 Å². The molecule has 8 nitrogen and oxygen atoms in total. The molecule has 154 valence electrons. The molecular formula is C20H19ClN6O2S. The number of rotatable bonds is 3. The molecule has 30 heavy (non-hydrogen) atoms. The molecule has 1 aliphatic heterocycles. The zero-order chi connectivity index (χ0) is 20.9. The minimum absolute atomic E-state index is 0.249. The van der Waals surface area contributed by atoms with E-state index in [1.165, 1.54) is 16.4 Å². The highest BCUT2D eigenvalue weighted by Gasteiger charge is 2.30. The second kappa shape index (κ2) is 7.19. The highest BCUT2D eigenvalue weighted by Crippen LogP contribution is 2.25. The zero-order valence-corrected chi connectivity index (χ0v) is 17.8. The Labute approximate surface area is 178 Å². The van der Waals surface area contributed by atoms with Crippen LogP contribution in [0.1, 0.15) is 5.82 Å². The van der Waals surface area contributed by atoms with Crippen LogP contribution in [0.5, 0.6) is 0 Å². The fraction of sp³-hybridized carbons (Fsp3) is 0.250. The van der Waals surface area contributed by atoms with Crippen molar-refractivity contribution in [2.24, 2.45) is 0 Å². The number of hydrogen-bond donors (Lipinski definition) is 0. The second-order valence-electron chi connectivity index (χ2n) is 7.17. The van der Waals surface area contributed by atoms with Gasteiger partial charge in [0.05, 0.1) is 10.4 Å². The maximum atomic E-state index is 13.0. The Kier molecular flexibility index (Phi) is 4.61. The monoisotopic (exact) mass is 442 g/mol. The molecule has 3 heterocycles. The number of benzene rings is 2. The fourth-order valence-electron chi connectivity index (χ4n) is 3.73. The van der Waals surface area contributed by atoms with Gasteiger partial charge in [-0.05, 0) is 43.3 Å². The molecule has 0 unspecified atom stereocenters. The highest BCUT2D eigenvalue weighted by atomic mass is 35.5. The first kappa shape index (κ1) is 19.2. The highest BCUT2D eigenvalue weighted by molar-refractivity contribution is 7.89. The van der Waals surface area contributed by atoms with Gasteiger partial charge in [-0.3, -0.25) is 0 Å². The third kappa shape index (κ3) is 3.19. The Morgan fingerprint density at radius 3 is 2.37 bits per heavy atom. The predicted octanol–water partition coefficient (Wildman–Crippen LogP) is 2.75. The average molecular weight is 443 g/mol. The van der Waals surface area contributed by atoms with Gasteiger partial charge in [-0.25, -0.2) is 18.4 Å². The van der Waals surface area contributed by atoms with E-state index < -0.39 is 10.0 Å². The molecular weight excluding hydrogens is 424 g/mol. The summed E-state index contributed by atoms with van der Waals surface area (Å²) < 4.78 is 29.2. The molecule has 2 aromatic carbocycles. The number of sulfonamides is 1. The first-order valence-electron chi connectivity index (χ1n) is 9.56. The lowest BCUT2D eigenvalue weighted by Gasteiger charge is -2.34. The molecule has 1 saturated heterocycles. The van der Waals surface area contributed by atoms with E-state index in [9.17, 15) is 8.42 Å². The largest absolute Gasteiger partial charge is 0.338 e. The fourth-order valence-corrected chi connectivity index (χ4v) is 5.28. The minimum Gasteiger partial charge on any atom is -0.338 e. The van der Waals surface area contributed by atoms with E-state index in [0.29, 0.717) is 43.0 Å². The normalized spacial score (nSPS) is 15.9. The van der Waals surface area contributed by atoms with Crippen molar-refractivity contribution in [1.29, 1.82) is 0 Å². The van der Waals surface area contributed by atoms with E-state index in [4.69, 9.17) is 16.6 Å². The summed E-state index contributed by atoms with van der Waals surface area (Å²) in [6.45, 7) is 3.57. The van der Waals surface area contributed by atoms with E-state index in [1.807, 2.05) is 31.2 Å². The van der Waals surface area contributed by atoms with Crippen molar-refractivity contribution in [3.05, 3.63) is 59.4 Å². The van der Waals surface area contributed by atoms with Crippen molar-refractivity contribution in [2.45, 2.75) is 11.8 Å². The van der Waals surface area contributed by atoms with E-state index >= 15 is 0 Å². The van der Waals surface area contributed by atoms with Crippen molar-refractivity contribution >= 4 is 44.1 Å². The second-order valence-corrected chi connectivity index (χ2v) is 9.54. The number of para-hydroxylation sites is 1. The molecule has 0 atom stereocenters. The van der Waals surface area contributed by atoms with Gasteiger partial charge >= 0.3 is 0 Å². The summed E-state index contributed by atoms with van der Waals surface area (Å²) in [5.74, 6) is 1.34. The Hall–Kier alpha value is -2.75. The van der Waals surface area contributed by atoms with Crippen molar-refractivity contribution in [3.63, 3.8) is 0 Å². The van der Waals surface area contributed by atoms with Crippen LogP contribution >= 0.6 is 11.6 Å². The Bertz CT molecular complexity index is 1350. The molecule has 2 aromatic heterocycles. The third-order valence-electron chi connectivity index (χ3n) is 5.24. The molecule has 0 radical (unpaired) electrons. The molecule has 1 fully saturated rings. The molecule has 0 N–H and O–H groups in total. The van der Waals surface area contributed by atoms with Gasteiger partial charge in [0, 0.05) is 36.6 Å². The summed E-state index contributed by atoms with van der Waals surface area (Å²) in [7, 11) is -3.56. The minimum atomic E-state index is -3.56. The smallest absolute Gasteiger partial charge is 0.243 e. The maximum absolute atomic E-state index is 13.0. The van der Waals surface area contributed by atoms with Gasteiger partial charge in [0.25, 0.3) is 0 Å². The van der Waals surface area contributed by atoms with Gasteiger partial charge in [-0.2, -0.15) is 8.82 Å².